The number of H-pyrrole nitrogens is 1. The van der Waals surface area contributed by atoms with Crippen LogP contribution in [0.25, 0.3) is 10.9 Å². The molecule has 14 heteroatoms. The van der Waals surface area contributed by atoms with Crippen LogP contribution in [0.15, 0.2) is 54.7 Å². The number of benzene rings is 2. The van der Waals surface area contributed by atoms with E-state index in [0.29, 0.717) is 38.6 Å². The van der Waals surface area contributed by atoms with Gasteiger partial charge in [-0.25, -0.2) is 0 Å². The number of aromatic amines is 1. The first kappa shape index (κ1) is 34.6. The normalized spacial score (nSPS) is 32.0. The molecule has 3 amide bonds. The number of ether oxygens (including phenoxy) is 1. The quantitative estimate of drug-likeness (QED) is 0.290. The van der Waals surface area contributed by atoms with Crippen LogP contribution in [0.2, 0.25) is 0 Å². The van der Waals surface area contributed by atoms with Gasteiger partial charge in [-0.1, -0.05) is 56.3 Å². The van der Waals surface area contributed by atoms with Gasteiger partial charge >= 0.3 is 0 Å². The lowest BCUT2D eigenvalue weighted by molar-refractivity contribution is -0.321. The average Bonchev–Trinajstić information content (AvgIpc) is 3.77. The minimum Gasteiger partial charge on any atom is -0.361 e. The number of hydrogen-bond acceptors (Lipinski definition) is 8. The lowest BCUT2D eigenvalue weighted by Gasteiger charge is -2.48. The van der Waals surface area contributed by atoms with E-state index in [-0.39, 0.29) is 30.2 Å². The smallest absolute Gasteiger partial charge is 0.281 e. The standard InChI is InChI=1S/C35H41N5O5.CH4O3S/c1-20(2)34(37-31(41)23-16-25-24-11-7-12-26-30(24)22(18-36-26)17-27(25)38(3)19-23)33(43)40-28(15-21-9-5-4-6-10-21)32(42)39-14-8-13-29(39)35(40,44)45-34;1-5(2,3)4/h4-7,9-12,18,20,23,25,27-29,36,44H,8,13-17,19H2,1-3H3,(H,37,41);1H3,(H,2,3,4)/t23?,25?,27?,28-,29?,34+,35-;/m1./s1. The van der Waals surface area contributed by atoms with Gasteiger partial charge in [0.2, 0.25) is 17.5 Å². The van der Waals surface area contributed by atoms with E-state index in [1.807, 2.05) is 44.2 Å². The Morgan fingerprint density at radius 3 is 2.56 bits per heavy atom. The van der Waals surface area contributed by atoms with E-state index in [0.717, 1.165) is 17.5 Å². The van der Waals surface area contributed by atoms with Crippen LogP contribution in [-0.4, -0.2) is 112 Å². The van der Waals surface area contributed by atoms with Crippen molar-refractivity contribution in [3.63, 3.8) is 0 Å². The zero-order chi connectivity index (χ0) is 35.7. The Balaban J connectivity index is 0.000000734. The molecular weight excluding hydrogens is 662 g/mol. The maximum Gasteiger partial charge on any atom is 0.281 e. The van der Waals surface area contributed by atoms with Crippen LogP contribution in [0.1, 0.15) is 55.7 Å². The number of carbonyl (C=O) groups excluding carboxylic acids is 3. The van der Waals surface area contributed by atoms with Crippen LogP contribution in [-0.2, 0) is 42.1 Å². The molecule has 8 rings (SSSR count). The highest BCUT2D eigenvalue weighted by Crippen LogP contribution is 2.49. The van der Waals surface area contributed by atoms with Crippen molar-refractivity contribution in [2.45, 2.75) is 81.6 Å². The van der Waals surface area contributed by atoms with Gasteiger partial charge in [0, 0.05) is 54.5 Å². The molecule has 50 heavy (non-hydrogen) atoms. The molecule has 1 aromatic heterocycles. The molecule has 2 aromatic carbocycles. The van der Waals surface area contributed by atoms with E-state index in [9.17, 15) is 27.9 Å². The van der Waals surface area contributed by atoms with Gasteiger partial charge in [0.05, 0.1) is 12.2 Å². The molecule has 4 fully saturated rings. The Bertz CT molecular complexity index is 1930. The summed E-state index contributed by atoms with van der Waals surface area (Å²) in [6, 6.07) is 14.5. The number of rotatable bonds is 5. The van der Waals surface area contributed by atoms with E-state index in [2.05, 4.69) is 46.6 Å². The summed E-state index contributed by atoms with van der Waals surface area (Å²) in [5.41, 5.74) is 2.75. The minimum absolute atomic E-state index is 0.164. The molecule has 4 N–H and O–H groups in total. The number of aliphatic hydroxyl groups is 1. The number of nitrogens with zero attached hydrogens (tertiary/aromatic N) is 3. The van der Waals surface area contributed by atoms with Gasteiger partial charge in [-0.3, -0.25) is 28.6 Å². The molecule has 4 aliphatic heterocycles. The Hall–Kier alpha value is -3.82. The Morgan fingerprint density at radius 2 is 1.86 bits per heavy atom. The minimum atomic E-state index is -3.67. The Kier molecular flexibility index (Phi) is 8.62. The lowest BCUT2D eigenvalue weighted by Crippen LogP contribution is -2.71. The van der Waals surface area contributed by atoms with E-state index < -0.39 is 51.6 Å². The fraction of sp³-hybridized carbons (Fsp3) is 0.528. The van der Waals surface area contributed by atoms with Gasteiger partial charge in [-0.05, 0) is 55.5 Å². The van der Waals surface area contributed by atoms with Crippen molar-refractivity contribution in [3.8, 4) is 0 Å². The van der Waals surface area contributed by atoms with Crippen LogP contribution >= 0.6 is 0 Å². The third-order valence-corrected chi connectivity index (χ3v) is 11.2. The number of likely N-dealkylation sites (tertiary alicyclic amines) is 1. The fourth-order valence-electron chi connectivity index (χ4n) is 8.99. The summed E-state index contributed by atoms with van der Waals surface area (Å²) >= 11 is 0. The van der Waals surface area contributed by atoms with Crippen LogP contribution in [0.5, 0.6) is 0 Å². The first-order valence-electron chi connectivity index (χ1n) is 17.3. The van der Waals surface area contributed by atoms with Crippen LogP contribution in [0, 0.1) is 11.8 Å². The second-order valence-corrected chi connectivity index (χ2v) is 16.2. The van der Waals surface area contributed by atoms with Gasteiger partial charge in [-0.15, -0.1) is 0 Å². The highest BCUT2D eigenvalue weighted by Gasteiger charge is 2.72. The summed E-state index contributed by atoms with van der Waals surface area (Å²) in [7, 11) is -1.60. The SMILES string of the molecule is CC(C)[C@]1(NC(=O)C2CC3c4cccc5[nH]cc(c45)CC3N(C)C2)O[C@]2(O)C3CCCN3C(=O)[C@@H](Cc3ccccc3)N2C1=O.CS(=O)(=O)O. The maximum absolute atomic E-state index is 14.6. The summed E-state index contributed by atoms with van der Waals surface area (Å²) in [6.07, 6.45) is 5.84. The summed E-state index contributed by atoms with van der Waals surface area (Å²) in [6.45, 7) is 4.68. The summed E-state index contributed by atoms with van der Waals surface area (Å²) < 4.78 is 32.4. The number of carbonyl (C=O) groups is 3. The van der Waals surface area contributed by atoms with Crippen molar-refractivity contribution in [1.29, 1.82) is 0 Å². The first-order valence-corrected chi connectivity index (χ1v) is 19.1. The molecule has 13 nitrogen and oxygen atoms in total. The van der Waals surface area contributed by atoms with E-state index in [1.54, 1.807) is 4.90 Å². The Labute approximate surface area is 291 Å². The average molecular weight is 708 g/mol. The second-order valence-electron chi connectivity index (χ2n) is 14.8. The third kappa shape index (κ3) is 5.70. The number of piperidine rings is 1. The number of nitrogens with one attached hydrogen (secondary N) is 2. The molecule has 7 atom stereocenters. The van der Waals surface area contributed by atoms with Crippen LogP contribution < -0.4 is 5.32 Å². The zero-order valence-corrected chi connectivity index (χ0v) is 29.5. The molecule has 5 heterocycles. The highest BCUT2D eigenvalue weighted by molar-refractivity contribution is 7.85. The molecule has 0 bridgehead atoms. The monoisotopic (exact) mass is 707 g/mol. The van der Waals surface area contributed by atoms with Crippen molar-refractivity contribution in [2.24, 2.45) is 11.8 Å². The number of likely N-dealkylation sites (N-methyl/N-ethyl adjacent to an activating group) is 1. The molecule has 4 unspecified atom stereocenters. The predicted molar refractivity (Wildman–Crippen MR) is 184 cm³/mol. The Morgan fingerprint density at radius 1 is 1.14 bits per heavy atom. The molecule has 0 radical (unpaired) electrons. The molecular formula is C36H45N5O8S. The summed E-state index contributed by atoms with van der Waals surface area (Å²) in [5, 5.41) is 16.6. The molecule has 0 saturated carbocycles. The van der Waals surface area contributed by atoms with E-state index >= 15 is 0 Å². The molecule has 268 valence electrons. The largest absolute Gasteiger partial charge is 0.361 e. The van der Waals surface area contributed by atoms with Crippen molar-refractivity contribution in [3.05, 3.63) is 71.4 Å². The molecule has 4 saturated heterocycles. The van der Waals surface area contributed by atoms with Crippen molar-refractivity contribution < 1.29 is 37.2 Å². The predicted octanol–water partition coefficient (Wildman–Crippen LogP) is 2.22. The van der Waals surface area contributed by atoms with Gasteiger partial charge < -0.3 is 25.2 Å². The fourth-order valence-corrected chi connectivity index (χ4v) is 8.99. The zero-order valence-electron chi connectivity index (χ0n) is 28.7. The van der Waals surface area contributed by atoms with Crippen LogP contribution in [0.3, 0.4) is 0 Å². The topological polar surface area (TPSA) is 173 Å². The van der Waals surface area contributed by atoms with Gasteiger partial charge in [0.1, 0.15) is 12.1 Å². The molecule has 0 spiro atoms. The number of hydrogen-bond donors (Lipinski definition) is 4. The van der Waals surface area contributed by atoms with Crippen LogP contribution in [0.4, 0.5) is 0 Å². The second kappa shape index (κ2) is 12.4. The maximum atomic E-state index is 14.6. The van der Waals surface area contributed by atoms with Gasteiger partial charge in [0.25, 0.3) is 21.9 Å². The number of aromatic nitrogens is 1. The molecule has 1 aliphatic carbocycles. The van der Waals surface area contributed by atoms with Crippen molar-refractivity contribution in [1.82, 2.24) is 25.0 Å². The van der Waals surface area contributed by atoms with Gasteiger partial charge in [-0.2, -0.15) is 8.42 Å². The highest BCUT2D eigenvalue weighted by atomic mass is 32.2. The van der Waals surface area contributed by atoms with E-state index in [4.69, 9.17) is 9.29 Å². The van der Waals surface area contributed by atoms with Gasteiger partial charge in [0.15, 0.2) is 0 Å². The molecule has 5 aliphatic rings. The number of amides is 3. The number of fused-ring (bicyclic) bond motifs is 5. The lowest BCUT2D eigenvalue weighted by atomic mass is 9.72. The summed E-state index contributed by atoms with van der Waals surface area (Å²) in [4.78, 5) is 51.4. The van der Waals surface area contributed by atoms with Crippen molar-refractivity contribution in [2.75, 3.05) is 26.4 Å². The molecule has 3 aromatic rings. The first-order chi connectivity index (χ1) is 23.6. The number of piperazine rings is 1. The van der Waals surface area contributed by atoms with E-state index in [1.165, 1.54) is 21.4 Å². The van der Waals surface area contributed by atoms with Crippen molar-refractivity contribution >= 4 is 38.7 Å². The third-order valence-electron chi connectivity index (χ3n) is 11.2. The summed E-state index contributed by atoms with van der Waals surface area (Å²) in [5.74, 6) is -3.80.